The summed E-state index contributed by atoms with van der Waals surface area (Å²) >= 11 is 0. The monoisotopic (exact) mass is 258 g/mol. The Balaban J connectivity index is 1.79. The van der Waals surface area contributed by atoms with Gasteiger partial charge in [0.05, 0.1) is 0 Å². The highest BCUT2D eigenvalue weighted by atomic mass is 16.1. The van der Waals surface area contributed by atoms with E-state index < -0.39 is 0 Å². The van der Waals surface area contributed by atoms with E-state index in [0.29, 0.717) is 11.7 Å². The molecule has 1 heteroatoms. The van der Waals surface area contributed by atoms with E-state index >= 15 is 0 Å². The first-order valence-corrected chi connectivity index (χ1v) is 7.77. The molecule has 104 valence electrons. The van der Waals surface area contributed by atoms with Crippen molar-refractivity contribution in [3.63, 3.8) is 0 Å². The van der Waals surface area contributed by atoms with Gasteiger partial charge in [0.15, 0.2) is 0 Å². The van der Waals surface area contributed by atoms with E-state index in [1.165, 1.54) is 30.4 Å². The lowest BCUT2D eigenvalue weighted by molar-refractivity contribution is -0.124. The van der Waals surface area contributed by atoms with E-state index in [1.807, 2.05) is 0 Å². The molecule has 2 rings (SSSR count). The minimum atomic E-state index is 0.354. The van der Waals surface area contributed by atoms with E-state index in [0.717, 1.165) is 31.6 Å². The van der Waals surface area contributed by atoms with Gasteiger partial charge in [-0.05, 0) is 50.5 Å². The van der Waals surface area contributed by atoms with E-state index in [1.54, 1.807) is 0 Å². The fourth-order valence-electron chi connectivity index (χ4n) is 3.23. The highest BCUT2D eigenvalue weighted by Crippen LogP contribution is 2.31. The predicted molar refractivity (Wildman–Crippen MR) is 80.2 cm³/mol. The number of ketones is 1. The number of benzene rings is 1. The Hall–Kier alpha value is -1.11. The van der Waals surface area contributed by atoms with Crippen LogP contribution in [0.4, 0.5) is 0 Å². The minimum absolute atomic E-state index is 0.354. The molecule has 0 atom stereocenters. The fraction of sp³-hybridized carbons (Fsp3) is 0.611. The molecule has 0 aromatic heterocycles. The normalized spacial score (nSPS) is 23.3. The molecule has 0 bridgehead atoms. The SMILES string of the molecule is CCC1CCC(C(=O)CCc2cccc(C)c2)CC1. The van der Waals surface area contributed by atoms with Gasteiger partial charge in [0.25, 0.3) is 0 Å². The maximum Gasteiger partial charge on any atom is 0.136 e. The summed E-state index contributed by atoms with van der Waals surface area (Å²) in [5, 5.41) is 0. The number of rotatable bonds is 5. The summed E-state index contributed by atoms with van der Waals surface area (Å²) < 4.78 is 0. The van der Waals surface area contributed by atoms with Crippen LogP contribution in [0.1, 0.15) is 56.6 Å². The topological polar surface area (TPSA) is 17.1 Å². The Kier molecular flexibility index (Phi) is 5.18. The fourth-order valence-corrected chi connectivity index (χ4v) is 3.23. The summed E-state index contributed by atoms with van der Waals surface area (Å²) in [6, 6.07) is 8.52. The molecule has 1 aliphatic rings. The second-order valence-electron chi connectivity index (χ2n) is 6.08. The number of carbonyl (C=O) groups excluding carboxylic acids is 1. The second kappa shape index (κ2) is 6.88. The Labute approximate surface area is 117 Å². The predicted octanol–water partition coefficient (Wildman–Crippen LogP) is 4.71. The summed E-state index contributed by atoms with van der Waals surface area (Å²) in [4.78, 5) is 12.3. The van der Waals surface area contributed by atoms with Crippen molar-refractivity contribution in [3.05, 3.63) is 35.4 Å². The first-order valence-electron chi connectivity index (χ1n) is 7.77. The molecule has 0 saturated heterocycles. The molecule has 1 aromatic rings. The maximum atomic E-state index is 12.3. The molecule has 1 saturated carbocycles. The van der Waals surface area contributed by atoms with Crippen LogP contribution in [0.25, 0.3) is 0 Å². The second-order valence-corrected chi connectivity index (χ2v) is 6.08. The van der Waals surface area contributed by atoms with Gasteiger partial charge in [0.2, 0.25) is 0 Å². The largest absolute Gasteiger partial charge is 0.299 e. The summed E-state index contributed by atoms with van der Waals surface area (Å²) in [6.07, 6.45) is 7.70. The minimum Gasteiger partial charge on any atom is -0.299 e. The molecule has 1 nitrogen and oxygen atoms in total. The quantitative estimate of drug-likeness (QED) is 0.747. The average Bonchev–Trinajstić information content (AvgIpc) is 2.45. The molecule has 0 heterocycles. The zero-order valence-corrected chi connectivity index (χ0v) is 12.3. The van der Waals surface area contributed by atoms with Gasteiger partial charge < -0.3 is 0 Å². The van der Waals surface area contributed by atoms with E-state index in [-0.39, 0.29) is 0 Å². The molecule has 19 heavy (non-hydrogen) atoms. The third-order valence-corrected chi connectivity index (χ3v) is 4.62. The van der Waals surface area contributed by atoms with Crippen LogP contribution in [0.5, 0.6) is 0 Å². The Bertz CT molecular complexity index is 413. The molecular formula is C18H26O. The van der Waals surface area contributed by atoms with Crippen LogP contribution in [0.3, 0.4) is 0 Å². The number of hydrogen-bond donors (Lipinski definition) is 0. The number of Topliss-reactive ketones (excluding diaryl/α,β-unsaturated/α-hetero) is 1. The zero-order chi connectivity index (χ0) is 13.7. The Morgan fingerprint density at radius 2 is 1.95 bits per heavy atom. The van der Waals surface area contributed by atoms with E-state index in [2.05, 4.69) is 38.1 Å². The molecule has 0 aliphatic heterocycles. The van der Waals surface area contributed by atoms with Crippen LogP contribution in [-0.2, 0) is 11.2 Å². The maximum absolute atomic E-state index is 12.3. The van der Waals surface area contributed by atoms with Crippen LogP contribution >= 0.6 is 0 Å². The molecule has 1 aliphatic carbocycles. The molecule has 0 unspecified atom stereocenters. The molecule has 0 radical (unpaired) electrons. The van der Waals surface area contributed by atoms with Crippen molar-refractivity contribution in [1.82, 2.24) is 0 Å². The lowest BCUT2D eigenvalue weighted by atomic mass is 9.78. The van der Waals surface area contributed by atoms with Gasteiger partial charge in [0.1, 0.15) is 5.78 Å². The van der Waals surface area contributed by atoms with Crippen molar-refractivity contribution < 1.29 is 4.79 Å². The standard InChI is InChI=1S/C18H26O/c1-3-15-7-10-17(11-8-15)18(19)12-9-16-6-4-5-14(2)13-16/h4-6,13,15,17H,3,7-12H2,1-2H3. The smallest absolute Gasteiger partial charge is 0.136 e. The van der Waals surface area contributed by atoms with E-state index in [9.17, 15) is 4.79 Å². The molecular weight excluding hydrogens is 232 g/mol. The zero-order valence-electron chi connectivity index (χ0n) is 12.3. The first kappa shape index (κ1) is 14.3. The summed E-state index contributed by atoms with van der Waals surface area (Å²) in [5.41, 5.74) is 2.59. The highest BCUT2D eigenvalue weighted by Gasteiger charge is 2.24. The molecule has 0 amide bonds. The molecule has 1 fully saturated rings. The highest BCUT2D eigenvalue weighted by molar-refractivity contribution is 5.81. The summed E-state index contributed by atoms with van der Waals surface area (Å²) in [5.74, 6) is 1.73. The van der Waals surface area contributed by atoms with Gasteiger partial charge >= 0.3 is 0 Å². The summed E-state index contributed by atoms with van der Waals surface area (Å²) in [7, 11) is 0. The van der Waals surface area contributed by atoms with Crippen molar-refractivity contribution in [2.75, 3.05) is 0 Å². The van der Waals surface area contributed by atoms with Crippen molar-refractivity contribution in [2.45, 2.75) is 58.8 Å². The third-order valence-electron chi connectivity index (χ3n) is 4.62. The molecule has 0 N–H and O–H groups in total. The number of aryl methyl sites for hydroxylation is 2. The van der Waals surface area contributed by atoms with Crippen molar-refractivity contribution in [3.8, 4) is 0 Å². The van der Waals surface area contributed by atoms with Crippen molar-refractivity contribution >= 4 is 5.78 Å². The first-order chi connectivity index (χ1) is 9.19. The van der Waals surface area contributed by atoms with Gasteiger partial charge in [-0.3, -0.25) is 4.79 Å². The number of carbonyl (C=O) groups is 1. The van der Waals surface area contributed by atoms with Crippen molar-refractivity contribution in [2.24, 2.45) is 11.8 Å². The lowest BCUT2D eigenvalue weighted by Gasteiger charge is -2.26. The van der Waals surface area contributed by atoms with Crippen LogP contribution < -0.4 is 0 Å². The van der Waals surface area contributed by atoms with Gasteiger partial charge in [-0.2, -0.15) is 0 Å². The van der Waals surface area contributed by atoms with E-state index in [4.69, 9.17) is 0 Å². The van der Waals surface area contributed by atoms with Gasteiger partial charge in [-0.1, -0.05) is 43.2 Å². The lowest BCUT2D eigenvalue weighted by Crippen LogP contribution is -2.22. The average molecular weight is 258 g/mol. The van der Waals surface area contributed by atoms with Crippen LogP contribution in [0.15, 0.2) is 24.3 Å². The van der Waals surface area contributed by atoms with Gasteiger partial charge in [-0.15, -0.1) is 0 Å². The van der Waals surface area contributed by atoms with Crippen LogP contribution in [0, 0.1) is 18.8 Å². The Morgan fingerprint density at radius 3 is 2.58 bits per heavy atom. The van der Waals surface area contributed by atoms with Crippen molar-refractivity contribution in [1.29, 1.82) is 0 Å². The summed E-state index contributed by atoms with van der Waals surface area (Å²) in [6.45, 7) is 4.38. The van der Waals surface area contributed by atoms with Gasteiger partial charge in [0, 0.05) is 12.3 Å². The number of hydrogen-bond acceptors (Lipinski definition) is 1. The molecule has 1 aromatic carbocycles. The van der Waals surface area contributed by atoms with Crippen LogP contribution in [0.2, 0.25) is 0 Å². The van der Waals surface area contributed by atoms with Gasteiger partial charge in [-0.25, -0.2) is 0 Å². The molecule has 0 spiro atoms. The third kappa shape index (κ3) is 4.19. The van der Waals surface area contributed by atoms with Crippen LogP contribution in [-0.4, -0.2) is 5.78 Å². The Morgan fingerprint density at radius 1 is 1.21 bits per heavy atom.